The fraction of sp³-hybridized carbons (Fsp3) is 0.0455. The Morgan fingerprint density at radius 2 is 1.71 bits per heavy atom. The highest BCUT2D eigenvalue weighted by Crippen LogP contribution is 2.26. The third-order valence-corrected chi connectivity index (χ3v) is 5.14. The number of rotatable bonds is 4. The van der Waals surface area contributed by atoms with E-state index in [2.05, 4.69) is 9.98 Å². The molecule has 5 nitrogen and oxygen atoms in total. The molecule has 2 heterocycles. The number of benzene rings is 2. The maximum Gasteiger partial charge on any atom is 0.267 e. The average Bonchev–Trinajstić information content (AvgIpc) is 2.75. The number of aromatic hydroxyl groups is 1. The molecule has 0 radical (unpaired) electrons. The van der Waals surface area contributed by atoms with Gasteiger partial charge in [0.05, 0.1) is 11.3 Å². The van der Waals surface area contributed by atoms with E-state index in [1.807, 2.05) is 36.6 Å². The average molecular weight is 387 g/mol. The largest absolute Gasteiger partial charge is 0.494 e. The second-order valence-electron chi connectivity index (χ2n) is 6.07. The van der Waals surface area contributed by atoms with Crippen molar-refractivity contribution in [2.45, 2.75) is 4.90 Å². The molecule has 0 fully saturated rings. The van der Waals surface area contributed by atoms with Crippen LogP contribution >= 0.6 is 11.8 Å². The molecule has 4 aromatic rings. The van der Waals surface area contributed by atoms with Gasteiger partial charge in [-0.15, -0.1) is 11.8 Å². The Morgan fingerprint density at radius 1 is 1.00 bits per heavy atom. The van der Waals surface area contributed by atoms with Crippen molar-refractivity contribution in [3.63, 3.8) is 0 Å². The Morgan fingerprint density at radius 3 is 2.39 bits per heavy atom. The van der Waals surface area contributed by atoms with E-state index < -0.39 is 0 Å². The third kappa shape index (κ3) is 3.30. The van der Waals surface area contributed by atoms with Gasteiger partial charge in [-0.05, 0) is 48.7 Å². The lowest BCUT2D eigenvalue weighted by Gasteiger charge is -2.12. The Balaban J connectivity index is 1.92. The summed E-state index contributed by atoms with van der Waals surface area (Å²) in [6.45, 7) is 0. The van der Waals surface area contributed by atoms with Gasteiger partial charge in [-0.1, -0.05) is 24.3 Å². The summed E-state index contributed by atoms with van der Waals surface area (Å²) in [6.07, 6.45) is 5.19. The Bertz CT molecular complexity index is 1220. The van der Waals surface area contributed by atoms with Gasteiger partial charge in [-0.3, -0.25) is 9.79 Å². The van der Waals surface area contributed by atoms with Crippen LogP contribution in [0.3, 0.4) is 0 Å². The number of fused-ring (bicyclic) bond motifs is 1. The second-order valence-corrected chi connectivity index (χ2v) is 6.95. The minimum Gasteiger partial charge on any atom is -0.494 e. The van der Waals surface area contributed by atoms with Crippen molar-refractivity contribution in [3.8, 4) is 11.7 Å². The maximum absolute atomic E-state index is 13.0. The van der Waals surface area contributed by atoms with E-state index in [-0.39, 0.29) is 11.4 Å². The van der Waals surface area contributed by atoms with E-state index in [0.717, 1.165) is 10.6 Å². The number of hydrogen-bond donors (Lipinski definition) is 1. The molecule has 0 bridgehead atoms. The van der Waals surface area contributed by atoms with Crippen LogP contribution in [0, 0.1) is 0 Å². The summed E-state index contributed by atoms with van der Waals surface area (Å²) in [5.74, 6) is 0.168. The monoisotopic (exact) mass is 387 g/mol. The van der Waals surface area contributed by atoms with Crippen molar-refractivity contribution in [2.75, 3.05) is 6.26 Å². The predicted molar refractivity (Wildman–Crippen MR) is 114 cm³/mol. The van der Waals surface area contributed by atoms with Crippen molar-refractivity contribution in [1.29, 1.82) is 0 Å². The molecular weight excluding hydrogens is 370 g/mol. The topological polar surface area (TPSA) is 67.5 Å². The maximum atomic E-state index is 13.0. The number of thioether (sulfide) groups is 1. The van der Waals surface area contributed by atoms with E-state index in [4.69, 9.17) is 0 Å². The van der Waals surface area contributed by atoms with Crippen LogP contribution in [0.15, 0.2) is 87.6 Å². The predicted octanol–water partition coefficient (Wildman–Crippen LogP) is 4.56. The first-order valence-corrected chi connectivity index (χ1v) is 9.88. The van der Waals surface area contributed by atoms with Gasteiger partial charge < -0.3 is 5.11 Å². The highest BCUT2D eigenvalue weighted by atomic mass is 32.2. The summed E-state index contributed by atoms with van der Waals surface area (Å²) in [6, 6.07) is 20.2. The minimum atomic E-state index is -0.326. The fourth-order valence-corrected chi connectivity index (χ4v) is 3.40. The van der Waals surface area contributed by atoms with Crippen LogP contribution < -0.4 is 5.56 Å². The molecule has 0 atom stereocenters. The number of aliphatic imine (C=N–C) groups is 1. The van der Waals surface area contributed by atoms with Crippen LogP contribution in [0.5, 0.6) is 5.88 Å². The zero-order valence-electron chi connectivity index (χ0n) is 15.1. The van der Waals surface area contributed by atoms with Gasteiger partial charge in [0.2, 0.25) is 5.88 Å². The van der Waals surface area contributed by atoms with Gasteiger partial charge in [0.25, 0.3) is 5.56 Å². The molecule has 0 spiro atoms. The smallest absolute Gasteiger partial charge is 0.267 e. The van der Waals surface area contributed by atoms with Gasteiger partial charge in [-0.2, -0.15) is 0 Å². The Hall–Kier alpha value is -3.38. The molecule has 6 heteroatoms. The molecule has 4 rings (SSSR count). The highest BCUT2D eigenvalue weighted by molar-refractivity contribution is 7.98. The lowest BCUT2D eigenvalue weighted by Crippen LogP contribution is -2.20. The van der Waals surface area contributed by atoms with Gasteiger partial charge in [0, 0.05) is 28.1 Å². The van der Waals surface area contributed by atoms with E-state index in [1.165, 1.54) is 4.57 Å². The molecule has 0 amide bonds. The summed E-state index contributed by atoms with van der Waals surface area (Å²) in [7, 11) is 0. The Kier molecular flexibility index (Phi) is 4.95. The standard InChI is InChI=1S/C22H17N3O2S/c1-28-16-11-9-15(10-12-16)24-14-19-17-6-2-3-7-18(17)21(26)25(22(19)27)20-8-4-5-13-23-20/h2-14,27H,1H3. The van der Waals surface area contributed by atoms with Crippen LogP contribution in [-0.4, -0.2) is 27.1 Å². The number of pyridine rings is 2. The van der Waals surface area contributed by atoms with Crippen molar-refractivity contribution >= 4 is 34.4 Å². The molecular formula is C22H17N3O2S. The van der Waals surface area contributed by atoms with E-state index in [1.54, 1.807) is 60.6 Å². The number of nitrogens with zero attached hydrogens (tertiary/aromatic N) is 3. The highest BCUT2D eigenvalue weighted by Gasteiger charge is 2.16. The van der Waals surface area contributed by atoms with Crippen LogP contribution in [0.2, 0.25) is 0 Å². The van der Waals surface area contributed by atoms with Gasteiger partial charge >= 0.3 is 0 Å². The second kappa shape index (κ2) is 7.70. The zero-order valence-corrected chi connectivity index (χ0v) is 15.9. The summed E-state index contributed by atoms with van der Waals surface area (Å²) in [5.41, 5.74) is 0.903. The van der Waals surface area contributed by atoms with Crippen molar-refractivity contribution in [3.05, 3.63) is 88.8 Å². The van der Waals surface area contributed by atoms with Crippen molar-refractivity contribution in [1.82, 2.24) is 9.55 Å². The summed E-state index contributed by atoms with van der Waals surface area (Å²) < 4.78 is 1.21. The lowest BCUT2D eigenvalue weighted by atomic mass is 10.1. The van der Waals surface area contributed by atoms with Crippen molar-refractivity contribution in [2.24, 2.45) is 4.99 Å². The first-order chi connectivity index (χ1) is 13.7. The molecule has 2 aromatic heterocycles. The molecule has 0 unspecified atom stereocenters. The molecule has 138 valence electrons. The Labute approximate surface area is 166 Å². The molecule has 2 aromatic carbocycles. The van der Waals surface area contributed by atoms with Gasteiger partial charge in [0.1, 0.15) is 5.82 Å². The summed E-state index contributed by atoms with van der Waals surface area (Å²) in [5, 5.41) is 12.0. The first-order valence-electron chi connectivity index (χ1n) is 8.65. The molecule has 0 aliphatic heterocycles. The van der Waals surface area contributed by atoms with Gasteiger partial charge in [-0.25, -0.2) is 9.55 Å². The molecule has 1 N–H and O–H groups in total. The van der Waals surface area contributed by atoms with Gasteiger partial charge in [0.15, 0.2) is 0 Å². The normalized spacial score (nSPS) is 11.3. The lowest BCUT2D eigenvalue weighted by molar-refractivity contribution is 0.435. The molecule has 0 saturated carbocycles. The zero-order chi connectivity index (χ0) is 19.5. The van der Waals surface area contributed by atoms with E-state index in [0.29, 0.717) is 22.2 Å². The van der Waals surface area contributed by atoms with Crippen molar-refractivity contribution < 1.29 is 5.11 Å². The molecule has 0 aliphatic rings. The number of hydrogen-bond acceptors (Lipinski definition) is 5. The molecule has 0 aliphatic carbocycles. The van der Waals surface area contributed by atoms with Crippen LogP contribution in [0.25, 0.3) is 16.6 Å². The van der Waals surface area contributed by atoms with Crippen LogP contribution in [-0.2, 0) is 0 Å². The summed E-state index contributed by atoms with van der Waals surface area (Å²) >= 11 is 1.66. The SMILES string of the molecule is CSc1ccc(N=Cc2c(O)n(-c3ccccn3)c(=O)c3ccccc23)cc1. The van der Waals surface area contributed by atoms with Crippen LogP contribution in [0.4, 0.5) is 5.69 Å². The first kappa shape index (κ1) is 18.0. The number of aromatic nitrogens is 2. The van der Waals surface area contributed by atoms with E-state index in [9.17, 15) is 9.90 Å². The van der Waals surface area contributed by atoms with E-state index >= 15 is 0 Å². The van der Waals surface area contributed by atoms with Crippen LogP contribution in [0.1, 0.15) is 5.56 Å². The molecule has 0 saturated heterocycles. The minimum absolute atomic E-state index is 0.188. The third-order valence-electron chi connectivity index (χ3n) is 4.40. The quantitative estimate of drug-likeness (QED) is 0.412. The fourth-order valence-electron chi connectivity index (χ4n) is 3.00. The molecule has 28 heavy (non-hydrogen) atoms. The summed E-state index contributed by atoms with van der Waals surface area (Å²) in [4.78, 5) is 22.8.